The van der Waals surface area contributed by atoms with Gasteiger partial charge in [0.25, 0.3) is 0 Å². The molecular formula is C13H12N2O3S. The number of furan rings is 1. The molecule has 1 aromatic heterocycles. The van der Waals surface area contributed by atoms with E-state index >= 15 is 0 Å². The van der Waals surface area contributed by atoms with Crippen LogP contribution in [-0.4, -0.2) is 19.8 Å². The number of sulfonamides is 1. The SMILES string of the molecule is CN(Cc1ccco1)S(=O)(=O)c1ccc(C#N)cc1. The molecule has 19 heavy (non-hydrogen) atoms. The number of hydrogen-bond acceptors (Lipinski definition) is 4. The second-order valence-electron chi connectivity index (χ2n) is 3.98. The number of nitriles is 1. The van der Waals surface area contributed by atoms with Crippen LogP contribution in [0.2, 0.25) is 0 Å². The van der Waals surface area contributed by atoms with Crippen molar-refractivity contribution >= 4 is 10.0 Å². The van der Waals surface area contributed by atoms with Crippen molar-refractivity contribution in [2.75, 3.05) is 7.05 Å². The van der Waals surface area contributed by atoms with Crippen molar-refractivity contribution in [3.05, 3.63) is 54.0 Å². The number of hydrogen-bond donors (Lipinski definition) is 0. The Morgan fingerprint density at radius 2 is 1.95 bits per heavy atom. The van der Waals surface area contributed by atoms with Gasteiger partial charge in [0.1, 0.15) is 5.76 Å². The molecule has 0 aliphatic heterocycles. The first-order chi connectivity index (χ1) is 9.04. The van der Waals surface area contributed by atoms with Gasteiger partial charge < -0.3 is 4.42 Å². The summed E-state index contributed by atoms with van der Waals surface area (Å²) < 4.78 is 30.8. The summed E-state index contributed by atoms with van der Waals surface area (Å²) in [5.74, 6) is 0.569. The van der Waals surface area contributed by atoms with Gasteiger partial charge in [-0.1, -0.05) is 0 Å². The smallest absolute Gasteiger partial charge is 0.243 e. The van der Waals surface area contributed by atoms with Gasteiger partial charge in [0.2, 0.25) is 10.0 Å². The van der Waals surface area contributed by atoms with Gasteiger partial charge in [-0.2, -0.15) is 9.57 Å². The van der Waals surface area contributed by atoms with Crippen molar-refractivity contribution < 1.29 is 12.8 Å². The van der Waals surface area contributed by atoms with Gasteiger partial charge in [0.15, 0.2) is 0 Å². The summed E-state index contributed by atoms with van der Waals surface area (Å²) in [5.41, 5.74) is 0.424. The van der Waals surface area contributed by atoms with E-state index in [1.54, 1.807) is 12.1 Å². The van der Waals surface area contributed by atoms with Crippen LogP contribution in [0.15, 0.2) is 52.0 Å². The zero-order valence-electron chi connectivity index (χ0n) is 10.3. The lowest BCUT2D eigenvalue weighted by molar-refractivity contribution is 0.406. The third-order valence-corrected chi connectivity index (χ3v) is 4.47. The van der Waals surface area contributed by atoms with E-state index in [2.05, 4.69) is 0 Å². The van der Waals surface area contributed by atoms with Crippen molar-refractivity contribution in [1.82, 2.24) is 4.31 Å². The molecule has 0 radical (unpaired) electrons. The molecule has 6 heteroatoms. The molecule has 1 aromatic carbocycles. The lowest BCUT2D eigenvalue weighted by atomic mass is 10.2. The molecule has 0 unspecified atom stereocenters. The zero-order chi connectivity index (χ0) is 13.9. The molecule has 0 saturated carbocycles. The van der Waals surface area contributed by atoms with Crippen LogP contribution in [-0.2, 0) is 16.6 Å². The van der Waals surface area contributed by atoms with Crippen molar-refractivity contribution in [3.63, 3.8) is 0 Å². The summed E-state index contributed by atoms with van der Waals surface area (Å²) in [6, 6.07) is 11.2. The molecule has 0 atom stereocenters. The van der Waals surface area contributed by atoms with Crippen LogP contribution in [0.3, 0.4) is 0 Å². The molecule has 0 bridgehead atoms. The van der Waals surface area contributed by atoms with Gasteiger partial charge in [-0.25, -0.2) is 8.42 Å². The average molecular weight is 276 g/mol. The largest absolute Gasteiger partial charge is 0.468 e. The fourth-order valence-electron chi connectivity index (χ4n) is 1.59. The zero-order valence-corrected chi connectivity index (χ0v) is 11.1. The van der Waals surface area contributed by atoms with E-state index in [-0.39, 0.29) is 11.4 Å². The summed E-state index contributed by atoms with van der Waals surface area (Å²) in [6.45, 7) is 0.162. The van der Waals surface area contributed by atoms with Crippen molar-refractivity contribution in [2.45, 2.75) is 11.4 Å². The quantitative estimate of drug-likeness (QED) is 0.855. The summed E-state index contributed by atoms with van der Waals surface area (Å²) >= 11 is 0. The molecule has 5 nitrogen and oxygen atoms in total. The molecule has 0 N–H and O–H groups in total. The highest BCUT2D eigenvalue weighted by Crippen LogP contribution is 2.17. The number of nitrogens with zero attached hydrogens (tertiary/aromatic N) is 2. The van der Waals surface area contributed by atoms with Crippen LogP contribution in [0.5, 0.6) is 0 Å². The topological polar surface area (TPSA) is 74.3 Å². The Balaban J connectivity index is 2.23. The first-order valence-corrected chi connectivity index (χ1v) is 6.97. The first-order valence-electron chi connectivity index (χ1n) is 5.53. The number of benzene rings is 1. The fourth-order valence-corrected chi connectivity index (χ4v) is 2.73. The Morgan fingerprint density at radius 3 is 2.47 bits per heavy atom. The molecule has 2 aromatic rings. The Morgan fingerprint density at radius 1 is 1.26 bits per heavy atom. The highest BCUT2D eigenvalue weighted by molar-refractivity contribution is 7.89. The third kappa shape index (κ3) is 2.84. The van der Waals surface area contributed by atoms with Crippen molar-refractivity contribution in [2.24, 2.45) is 0 Å². The minimum atomic E-state index is -3.58. The summed E-state index contributed by atoms with van der Waals surface area (Å²) in [6.07, 6.45) is 1.50. The van der Waals surface area contributed by atoms with Crippen LogP contribution in [0.4, 0.5) is 0 Å². The van der Waals surface area contributed by atoms with Crippen LogP contribution in [0.1, 0.15) is 11.3 Å². The van der Waals surface area contributed by atoms with Crippen LogP contribution in [0, 0.1) is 11.3 Å². The normalized spacial score (nSPS) is 11.4. The van der Waals surface area contributed by atoms with Gasteiger partial charge in [-0.15, -0.1) is 0 Å². The Kier molecular flexibility index (Phi) is 3.69. The highest BCUT2D eigenvalue weighted by atomic mass is 32.2. The molecule has 98 valence electrons. The van der Waals surface area contributed by atoms with E-state index in [1.807, 2.05) is 6.07 Å². The molecular weight excluding hydrogens is 264 g/mol. The maximum Gasteiger partial charge on any atom is 0.243 e. The third-order valence-electron chi connectivity index (χ3n) is 2.65. The molecule has 0 amide bonds. The van der Waals surface area contributed by atoms with Gasteiger partial charge in [0.05, 0.1) is 29.3 Å². The van der Waals surface area contributed by atoms with Crippen molar-refractivity contribution in [1.29, 1.82) is 5.26 Å². The summed E-state index contributed by atoms with van der Waals surface area (Å²) in [5, 5.41) is 8.69. The minimum Gasteiger partial charge on any atom is -0.468 e. The van der Waals surface area contributed by atoms with Gasteiger partial charge in [-0.05, 0) is 36.4 Å². The van der Waals surface area contributed by atoms with Crippen LogP contribution in [0.25, 0.3) is 0 Å². The van der Waals surface area contributed by atoms with E-state index in [1.165, 1.54) is 41.9 Å². The van der Waals surface area contributed by atoms with E-state index < -0.39 is 10.0 Å². The predicted octanol–water partition coefficient (Wildman–Crippen LogP) is 1.97. The van der Waals surface area contributed by atoms with Gasteiger partial charge in [-0.3, -0.25) is 0 Å². The van der Waals surface area contributed by atoms with Gasteiger partial charge in [0, 0.05) is 7.05 Å². The maximum absolute atomic E-state index is 12.3. The monoisotopic (exact) mass is 276 g/mol. The molecule has 0 saturated heterocycles. The average Bonchev–Trinajstić information content (AvgIpc) is 2.91. The summed E-state index contributed by atoms with van der Waals surface area (Å²) in [4.78, 5) is 0.153. The molecule has 0 spiro atoms. The standard InChI is InChI=1S/C13H12N2O3S/c1-15(10-12-3-2-8-18-12)19(16,17)13-6-4-11(9-14)5-7-13/h2-8H,10H2,1H3. The molecule has 2 rings (SSSR count). The Labute approximate surface area is 111 Å². The lowest BCUT2D eigenvalue weighted by Gasteiger charge is -2.15. The lowest BCUT2D eigenvalue weighted by Crippen LogP contribution is -2.26. The second kappa shape index (κ2) is 5.26. The predicted molar refractivity (Wildman–Crippen MR) is 68.5 cm³/mol. The summed E-state index contributed by atoms with van der Waals surface area (Å²) in [7, 11) is -2.09. The van der Waals surface area contributed by atoms with Crippen LogP contribution >= 0.6 is 0 Å². The highest BCUT2D eigenvalue weighted by Gasteiger charge is 2.21. The molecule has 1 heterocycles. The fraction of sp³-hybridized carbons (Fsp3) is 0.154. The first kappa shape index (κ1) is 13.3. The minimum absolute atomic E-state index is 0.153. The Bertz CT molecular complexity index is 682. The molecule has 0 fully saturated rings. The van der Waals surface area contributed by atoms with E-state index in [4.69, 9.17) is 9.68 Å². The molecule has 0 aliphatic rings. The van der Waals surface area contributed by atoms with E-state index in [0.717, 1.165) is 0 Å². The Hall–Kier alpha value is -2.10. The maximum atomic E-state index is 12.3. The second-order valence-corrected chi connectivity index (χ2v) is 6.02. The van der Waals surface area contributed by atoms with Crippen molar-refractivity contribution in [3.8, 4) is 6.07 Å². The van der Waals surface area contributed by atoms with E-state index in [0.29, 0.717) is 11.3 Å². The number of rotatable bonds is 4. The van der Waals surface area contributed by atoms with E-state index in [9.17, 15) is 8.42 Å². The van der Waals surface area contributed by atoms with Gasteiger partial charge >= 0.3 is 0 Å². The van der Waals surface area contributed by atoms with Crippen LogP contribution < -0.4 is 0 Å². The molecule has 0 aliphatic carbocycles.